The highest BCUT2D eigenvalue weighted by atomic mass is 16.5. The summed E-state index contributed by atoms with van der Waals surface area (Å²) in [6, 6.07) is 0. The number of hydrogen-bond acceptors (Lipinski definition) is 6. The van der Waals surface area contributed by atoms with Gasteiger partial charge in [-0.2, -0.15) is 0 Å². The summed E-state index contributed by atoms with van der Waals surface area (Å²) in [4.78, 5) is 21.9. The van der Waals surface area contributed by atoms with Gasteiger partial charge in [-0.1, -0.05) is 58.3 Å². The second kappa shape index (κ2) is 14.2. The fourth-order valence-electron chi connectivity index (χ4n) is 2.29. The van der Waals surface area contributed by atoms with Crippen LogP contribution in [0, 0.1) is 0 Å². The molecule has 7 nitrogen and oxygen atoms in total. The van der Waals surface area contributed by atoms with Gasteiger partial charge >= 0.3 is 11.9 Å². The maximum absolute atomic E-state index is 11.5. The summed E-state index contributed by atoms with van der Waals surface area (Å²) < 4.78 is 4.77. The number of unbranched alkanes of at least 4 members (excludes halogenated alkanes) is 8. The average Bonchev–Trinajstić information content (AvgIpc) is 2.56. The first-order valence-corrected chi connectivity index (χ1v) is 8.82. The molecular formula is C17H32O7. The Labute approximate surface area is 143 Å². The van der Waals surface area contributed by atoms with Crippen molar-refractivity contribution in [3.63, 3.8) is 0 Å². The summed E-state index contributed by atoms with van der Waals surface area (Å²) in [6.07, 6.45) is 4.74. The fraction of sp³-hybridized carbons (Fsp3) is 0.882. The Morgan fingerprint density at radius 3 is 1.88 bits per heavy atom. The van der Waals surface area contributed by atoms with E-state index in [4.69, 9.17) is 14.9 Å². The summed E-state index contributed by atoms with van der Waals surface area (Å²) in [6.45, 7) is 1.65. The molecule has 0 saturated carbocycles. The number of carbonyl (C=O) groups is 2. The molecule has 0 fully saturated rings. The fourth-order valence-corrected chi connectivity index (χ4v) is 2.29. The normalized spacial score (nSPS) is 14.8. The van der Waals surface area contributed by atoms with E-state index in [1.165, 1.54) is 32.1 Å². The zero-order valence-corrected chi connectivity index (χ0v) is 14.5. The third-order valence-electron chi connectivity index (χ3n) is 3.87. The molecule has 0 saturated heterocycles. The van der Waals surface area contributed by atoms with Crippen LogP contribution in [0.2, 0.25) is 0 Å². The monoisotopic (exact) mass is 348 g/mol. The molecule has 0 amide bonds. The SMILES string of the molecule is CCCCCCCCCCCC(=O)OC[C@@H](O)[C@@H](O)[C@@H](O)C(=O)O. The lowest BCUT2D eigenvalue weighted by molar-refractivity contribution is -0.163. The van der Waals surface area contributed by atoms with Crippen molar-refractivity contribution in [3.05, 3.63) is 0 Å². The van der Waals surface area contributed by atoms with Gasteiger partial charge in [-0.3, -0.25) is 4.79 Å². The summed E-state index contributed by atoms with van der Waals surface area (Å²) >= 11 is 0. The highest BCUT2D eigenvalue weighted by Gasteiger charge is 2.30. The van der Waals surface area contributed by atoms with E-state index in [1.54, 1.807) is 0 Å². The second-order valence-corrected chi connectivity index (χ2v) is 6.10. The Kier molecular flexibility index (Phi) is 13.5. The minimum absolute atomic E-state index is 0.222. The third kappa shape index (κ3) is 11.4. The van der Waals surface area contributed by atoms with Crippen LogP contribution in [0.4, 0.5) is 0 Å². The van der Waals surface area contributed by atoms with E-state index < -0.39 is 36.9 Å². The van der Waals surface area contributed by atoms with Crippen LogP contribution in [0.15, 0.2) is 0 Å². The number of aliphatic hydroxyl groups is 3. The van der Waals surface area contributed by atoms with E-state index in [-0.39, 0.29) is 6.42 Å². The number of esters is 1. The first-order valence-electron chi connectivity index (χ1n) is 8.82. The van der Waals surface area contributed by atoms with Gasteiger partial charge in [0, 0.05) is 6.42 Å². The lowest BCUT2D eigenvalue weighted by Gasteiger charge is -2.19. The lowest BCUT2D eigenvalue weighted by Crippen LogP contribution is -2.44. The molecule has 7 heteroatoms. The van der Waals surface area contributed by atoms with E-state index in [2.05, 4.69) is 6.92 Å². The molecule has 0 radical (unpaired) electrons. The van der Waals surface area contributed by atoms with Crippen LogP contribution in [0.3, 0.4) is 0 Å². The standard InChI is InChI=1S/C17H32O7/c1-2-3-4-5-6-7-8-9-10-11-14(19)24-12-13(18)15(20)16(21)17(22)23/h13,15-16,18,20-21H,2-12H2,1H3,(H,22,23)/t13-,15-,16-/m1/s1. The molecule has 0 aromatic rings. The first kappa shape index (κ1) is 22.8. The van der Waals surface area contributed by atoms with Crippen LogP contribution in [-0.2, 0) is 14.3 Å². The van der Waals surface area contributed by atoms with Crippen LogP contribution in [0.1, 0.15) is 71.1 Å². The maximum Gasteiger partial charge on any atom is 0.335 e. The Morgan fingerprint density at radius 2 is 1.38 bits per heavy atom. The van der Waals surface area contributed by atoms with E-state index in [9.17, 15) is 19.8 Å². The molecule has 0 aromatic heterocycles. The smallest absolute Gasteiger partial charge is 0.335 e. The maximum atomic E-state index is 11.5. The van der Waals surface area contributed by atoms with Crippen LogP contribution >= 0.6 is 0 Å². The molecule has 0 bridgehead atoms. The van der Waals surface area contributed by atoms with Crippen molar-refractivity contribution in [1.82, 2.24) is 0 Å². The molecule has 0 aliphatic carbocycles. The van der Waals surface area contributed by atoms with Gasteiger partial charge in [0.05, 0.1) is 0 Å². The summed E-state index contributed by atoms with van der Waals surface area (Å²) in [5, 5.41) is 36.4. The minimum atomic E-state index is -2.11. The number of ether oxygens (including phenoxy) is 1. The molecular weight excluding hydrogens is 316 g/mol. The number of rotatable bonds is 15. The van der Waals surface area contributed by atoms with Gasteiger partial charge in [0.25, 0.3) is 0 Å². The van der Waals surface area contributed by atoms with Crippen LogP contribution in [0.25, 0.3) is 0 Å². The van der Waals surface area contributed by atoms with Crippen molar-refractivity contribution in [1.29, 1.82) is 0 Å². The number of carboxylic acid groups (broad SMARTS) is 1. The average molecular weight is 348 g/mol. The van der Waals surface area contributed by atoms with Gasteiger partial charge in [-0.15, -0.1) is 0 Å². The van der Waals surface area contributed by atoms with Crippen molar-refractivity contribution in [2.75, 3.05) is 6.61 Å². The lowest BCUT2D eigenvalue weighted by atomic mass is 10.1. The molecule has 0 rings (SSSR count). The molecule has 0 aliphatic heterocycles. The molecule has 142 valence electrons. The number of hydrogen-bond donors (Lipinski definition) is 4. The topological polar surface area (TPSA) is 124 Å². The predicted molar refractivity (Wildman–Crippen MR) is 88.5 cm³/mol. The van der Waals surface area contributed by atoms with Crippen molar-refractivity contribution < 1.29 is 34.8 Å². The van der Waals surface area contributed by atoms with Crippen LogP contribution in [0.5, 0.6) is 0 Å². The van der Waals surface area contributed by atoms with Crippen molar-refractivity contribution in [3.8, 4) is 0 Å². The highest BCUT2D eigenvalue weighted by Crippen LogP contribution is 2.11. The highest BCUT2D eigenvalue weighted by molar-refractivity contribution is 5.72. The van der Waals surface area contributed by atoms with Crippen molar-refractivity contribution in [2.45, 2.75) is 89.4 Å². The Hall–Kier alpha value is -1.18. The van der Waals surface area contributed by atoms with E-state index in [0.717, 1.165) is 19.3 Å². The molecule has 0 aromatic carbocycles. The van der Waals surface area contributed by atoms with Gasteiger partial charge in [0.1, 0.15) is 18.8 Å². The second-order valence-electron chi connectivity index (χ2n) is 6.10. The minimum Gasteiger partial charge on any atom is -0.479 e. The van der Waals surface area contributed by atoms with Gasteiger partial charge in [0.15, 0.2) is 6.10 Å². The predicted octanol–water partition coefficient (Wildman–Crippen LogP) is 1.62. The van der Waals surface area contributed by atoms with E-state index in [1.807, 2.05) is 0 Å². The van der Waals surface area contributed by atoms with Crippen LogP contribution in [-0.4, -0.2) is 57.3 Å². The third-order valence-corrected chi connectivity index (χ3v) is 3.87. The number of carbonyl (C=O) groups excluding carboxylic acids is 1. The Morgan fingerprint density at radius 1 is 0.875 bits per heavy atom. The van der Waals surface area contributed by atoms with Crippen molar-refractivity contribution in [2.24, 2.45) is 0 Å². The molecule has 3 atom stereocenters. The first-order chi connectivity index (χ1) is 11.4. The molecule has 0 heterocycles. The summed E-state index contributed by atoms with van der Waals surface area (Å²) in [5.74, 6) is -2.16. The largest absolute Gasteiger partial charge is 0.479 e. The number of aliphatic carboxylic acids is 1. The summed E-state index contributed by atoms with van der Waals surface area (Å²) in [7, 11) is 0. The van der Waals surface area contributed by atoms with Gasteiger partial charge < -0.3 is 25.2 Å². The molecule has 24 heavy (non-hydrogen) atoms. The quantitative estimate of drug-likeness (QED) is 0.262. The molecule has 0 spiro atoms. The van der Waals surface area contributed by atoms with Gasteiger partial charge in [0.2, 0.25) is 0 Å². The van der Waals surface area contributed by atoms with Crippen LogP contribution < -0.4 is 0 Å². The molecule has 4 N–H and O–H groups in total. The Bertz CT molecular complexity index is 346. The number of aliphatic hydroxyl groups excluding tert-OH is 3. The van der Waals surface area contributed by atoms with Gasteiger partial charge in [-0.25, -0.2) is 4.79 Å². The zero-order valence-electron chi connectivity index (χ0n) is 14.5. The van der Waals surface area contributed by atoms with E-state index >= 15 is 0 Å². The summed E-state index contributed by atoms with van der Waals surface area (Å²) in [5.41, 5.74) is 0. The van der Waals surface area contributed by atoms with E-state index in [0.29, 0.717) is 6.42 Å². The Balaban J connectivity index is 3.61. The van der Waals surface area contributed by atoms with Crippen molar-refractivity contribution >= 4 is 11.9 Å². The molecule has 0 unspecified atom stereocenters. The zero-order chi connectivity index (χ0) is 18.4. The molecule has 0 aliphatic rings. The number of carboxylic acids is 1. The van der Waals surface area contributed by atoms with Gasteiger partial charge in [-0.05, 0) is 6.42 Å².